The summed E-state index contributed by atoms with van der Waals surface area (Å²) in [6, 6.07) is 8.54. The van der Waals surface area contributed by atoms with Gasteiger partial charge in [-0.05, 0) is 37.7 Å². The van der Waals surface area contributed by atoms with E-state index in [0.29, 0.717) is 17.7 Å². The zero-order valence-electron chi connectivity index (χ0n) is 12.5. The Morgan fingerprint density at radius 3 is 2.67 bits per heavy atom. The first-order valence-electron chi connectivity index (χ1n) is 7.04. The molecule has 2 rings (SSSR count). The van der Waals surface area contributed by atoms with Crippen molar-refractivity contribution in [1.82, 2.24) is 15.5 Å². The number of nitrogens with zero attached hydrogens (tertiary/aromatic N) is 2. The largest absolute Gasteiger partial charge is 0.339 e. The molecular formula is C15H20BrN3OS. The lowest BCUT2D eigenvalue weighted by Crippen LogP contribution is -2.30. The molecule has 1 N–H and O–H groups in total. The number of nitrogens with one attached hydrogen (secondary N) is 1. The van der Waals surface area contributed by atoms with Gasteiger partial charge in [-0.15, -0.1) is 11.8 Å². The van der Waals surface area contributed by atoms with Gasteiger partial charge in [-0.3, -0.25) is 0 Å². The number of hydrogen-bond acceptors (Lipinski definition) is 5. The van der Waals surface area contributed by atoms with Crippen molar-refractivity contribution in [3.8, 4) is 0 Å². The first-order chi connectivity index (χ1) is 10.1. The highest BCUT2D eigenvalue weighted by molar-refractivity contribution is 9.10. The number of thioether (sulfide) groups is 1. The van der Waals surface area contributed by atoms with Gasteiger partial charge < -0.3 is 9.84 Å². The minimum Gasteiger partial charge on any atom is -0.339 e. The van der Waals surface area contributed by atoms with Gasteiger partial charge in [0.25, 0.3) is 0 Å². The van der Waals surface area contributed by atoms with E-state index < -0.39 is 0 Å². The van der Waals surface area contributed by atoms with Crippen LogP contribution in [-0.2, 0) is 5.75 Å². The lowest BCUT2D eigenvalue weighted by atomic mass is 10.0. The van der Waals surface area contributed by atoms with Crippen LogP contribution in [0.2, 0.25) is 0 Å². The van der Waals surface area contributed by atoms with Crippen molar-refractivity contribution in [2.24, 2.45) is 0 Å². The number of halogens is 1. The molecule has 21 heavy (non-hydrogen) atoms. The monoisotopic (exact) mass is 369 g/mol. The summed E-state index contributed by atoms with van der Waals surface area (Å²) in [5.74, 6) is 2.38. The maximum Gasteiger partial charge on any atom is 0.231 e. The maximum atomic E-state index is 5.38. The summed E-state index contributed by atoms with van der Waals surface area (Å²) in [6.45, 7) is 7.27. The van der Waals surface area contributed by atoms with Crippen LogP contribution < -0.4 is 5.32 Å². The Morgan fingerprint density at radius 2 is 2.00 bits per heavy atom. The number of aromatic nitrogens is 2. The quantitative estimate of drug-likeness (QED) is 0.740. The molecule has 1 heterocycles. The van der Waals surface area contributed by atoms with Gasteiger partial charge in [0.1, 0.15) is 0 Å². The van der Waals surface area contributed by atoms with E-state index in [1.54, 1.807) is 11.8 Å². The van der Waals surface area contributed by atoms with Gasteiger partial charge in [0.05, 0.1) is 11.7 Å². The smallest absolute Gasteiger partial charge is 0.231 e. The van der Waals surface area contributed by atoms with Gasteiger partial charge in [0.15, 0.2) is 5.82 Å². The molecule has 1 aromatic heterocycles. The van der Waals surface area contributed by atoms with E-state index in [-0.39, 0.29) is 5.92 Å². The van der Waals surface area contributed by atoms with Gasteiger partial charge in [0, 0.05) is 15.4 Å². The lowest BCUT2D eigenvalue weighted by molar-refractivity contribution is 0.330. The fourth-order valence-corrected chi connectivity index (χ4v) is 2.91. The standard InChI is InChI=1S/C15H20BrN3OS/c1-4-17-11(3)10(2)15-18-14(19-20-15)9-21-13-7-5-12(16)6-8-13/h5-8,10-11,17H,4,9H2,1-3H3. The Morgan fingerprint density at radius 1 is 1.29 bits per heavy atom. The van der Waals surface area contributed by atoms with Crippen molar-refractivity contribution in [3.05, 3.63) is 40.5 Å². The number of rotatable bonds is 7. The van der Waals surface area contributed by atoms with Gasteiger partial charge in [-0.2, -0.15) is 4.98 Å². The Kier molecular flexibility index (Phi) is 6.26. The second-order valence-corrected chi connectivity index (χ2v) is 6.89. The molecule has 2 atom stereocenters. The number of benzene rings is 1. The maximum absolute atomic E-state index is 5.38. The fourth-order valence-electron chi connectivity index (χ4n) is 1.90. The summed E-state index contributed by atoms with van der Waals surface area (Å²) in [4.78, 5) is 5.69. The molecule has 6 heteroatoms. The van der Waals surface area contributed by atoms with Crippen molar-refractivity contribution in [2.75, 3.05) is 6.54 Å². The molecule has 0 bridgehead atoms. The normalized spacial score (nSPS) is 14.1. The molecule has 0 saturated carbocycles. The van der Waals surface area contributed by atoms with E-state index in [9.17, 15) is 0 Å². The first-order valence-corrected chi connectivity index (χ1v) is 8.82. The third kappa shape index (κ3) is 4.83. The van der Waals surface area contributed by atoms with Crippen molar-refractivity contribution in [3.63, 3.8) is 0 Å². The zero-order chi connectivity index (χ0) is 15.2. The molecule has 2 unspecified atom stereocenters. The average molecular weight is 370 g/mol. The van der Waals surface area contributed by atoms with Crippen molar-refractivity contribution < 1.29 is 4.52 Å². The second kappa shape index (κ2) is 7.96. The summed E-state index contributed by atoms with van der Waals surface area (Å²) in [5.41, 5.74) is 0. The highest BCUT2D eigenvalue weighted by Crippen LogP contribution is 2.24. The topological polar surface area (TPSA) is 51.0 Å². The summed E-state index contributed by atoms with van der Waals surface area (Å²) < 4.78 is 6.46. The highest BCUT2D eigenvalue weighted by atomic mass is 79.9. The molecule has 0 aliphatic rings. The molecule has 0 spiro atoms. The number of hydrogen-bond donors (Lipinski definition) is 1. The van der Waals surface area contributed by atoms with Crippen LogP contribution in [0, 0.1) is 0 Å². The molecule has 0 amide bonds. The molecule has 114 valence electrons. The highest BCUT2D eigenvalue weighted by Gasteiger charge is 2.19. The minimum absolute atomic E-state index is 0.212. The van der Waals surface area contributed by atoms with Crippen LogP contribution in [-0.4, -0.2) is 22.7 Å². The van der Waals surface area contributed by atoms with Crippen LogP contribution in [0.4, 0.5) is 0 Å². The van der Waals surface area contributed by atoms with Crippen LogP contribution in [0.3, 0.4) is 0 Å². The van der Waals surface area contributed by atoms with E-state index in [2.05, 4.69) is 64.3 Å². The molecule has 0 fully saturated rings. The molecule has 2 aromatic rings. The van der Waals surface area contributed by atoms with E-state index in [0.717, 1.165) is 16.8 Å². The van der Waals surface area contributed by atoms with E-state index in [4.69, 9.17) is 4.52 Å². The van der Waals surface area contributed by atoms with Crippen molar-refractivity contribution in [2.45, 2.75) is 43.4 Å². The van der Waals surface area contributed by atoms with E-state index in [1.165, 1.54) is 4.90 Å². The predicted molar refractivity (Wildman–Crippen MR) is 89.6 cm³/mol. The number of likely N-dealkylation sites (N-methyl/N-ethyl adjacent to an activating group) is 1. The third-order valence-corrected chi connectivity index (χ3v) is 4.87. The predicted octanol–water partition coefficient (Wildman–Crippen LogP) is 4.23. The van der Waals surface area contributed by atoms with Gasteiger partial charge in [-0.25, -0.2) is 0 Å². The van der Waals surface area contributed by atoms with Gasteiger partial charge >= 0.3 is 0 Å². The van der Waals surface area contributed by atoms with Crippen LogP contribution in [0.5, 0.6) is 0 Å². The van der Waals surface area contributed by atoms with Crippen LogP contribution in [0.15, 0.2) is 38.2 Å². The Hall–Kier alpha value is -0.850. The minimum atomic E-state index is 0.212. The molecule has 4 nitrogen and oxygen atoms in total. The van der Waals surface area contributed by atoms with E-state index >= 15 is 0 Å². The average Bonchev–Trinajstić information content (AvgIpc) is 2.95. The fraction of sp³-hybridized carbons (Fsp3) is 0.467. The van der Waals surface area contributed by atoms with Crippen molar-refractivity contribution in [1.29, 1.82) is 0 Å². The lowest BCUT2D eigenvalue weighted by Gasteiger charge is -2.16. The Bertz CT molecular complexity index is 558. The molecule has 0 aliphatic heterocycles. The molecule has 1 aromatic carbocycles. The van der Waals surface area contributed by atoms with E-state index in [1.807, 2.05) is 12.1 Å². The molecule has 0 saturated heterocycles. The molecule has 0 aliphatic carbocycles. The Labute approximate surface area is 138 Å². The van der Waals surface area contributed by atoms with Crippen molar-refractivity contribution >= 4 is 27.7 Å². The summed E-state index contributed by atoms with van der Waals surface area (Å²) >= 11 is 5.14. The first kappa shape index (κ1) is 16.5. The van der Waals surface area contributed by atoms with Gasteiger partial charge in [0.2, 0.25) is 5.89 Å². The van der Waals surface area contributed by atoms with Crippen LogP contribution in [0.25, 0.3) is 0 Å². The zero-order valence-corrected chi connectivity index (χ0v) is 14.9. The second-order valence-electron chi connectivity index (χ2n) is 4.93. The summed E-state index contributed by atoms with van der Waals surface area (Å²) in [6.07, 6.45) is 0. The van der Waals surface area contributed by atoms with Gasteiger partial charge in [-0.1, -0.05) is 34.9 Å². The van der Waals surface area contributed by atoms with Crippen LogP contribution >= 0.6 is 27.7 Å². The SMILES string of the molecule is CCNC(C)C(C)c1nc(CSc2ccc(Br)cc2)no1. The Balaban J connectivity index is 1.92. The summed E-state index contributed by atoms with van der Waals surface area (Å²) in [5, 5.41) is 7.45. The molecule has 0 radical (unpaired) electrons. The third-order valence-electron chi connectivity index (χ3n) is 3.33. The summed E-state index contributed by atoms with van der Waals surface area (Å²) in [7, 11) is 0. The molecular weight excluding hydrogens is 350 g/mol. The van der Waals surface area contributed by atoms with Crippen LogP contribution in [0.1, 0.15) is 38.4 Å².